The Kier molecular flexibility index (Phi) is 7.81. The van der Waals surface area contributed by atoms with Gasteiger partial charge in [0.15, 0.2) is 0 Å². The third-order valence-corrected chi connectivity index (χ3v) is 5.61. The quantitative estimate of drug-likeness (QED) is 0.502. The van der Waals surface area contributed by atoms with Gasteiger partial charge >= 0.3 is 0 Å². The average Bonchev–Trinajstić information content (AvgIpc) is 2.37. The van der Waals surface area contributed by atoms with Crippen molar-refractivity contribution in [2.24, 2.45) is 0 Å². The average molecular weight is 306 g/mol. The van der Waals surface area contributed by atoms with Crippen molar-refractivity contribution in [3.8, 4) is 0 Å². The Morgan fingerprint density at radius 1 is 0.429 bits per heavy atom. The van der Waals surface area contributed by atoms with Crippen LogP contribution in [0.2, 0.25) is 0 Å². The SMILES string of the molecule is CC(O)C(C)[N+](C(C)C(C)O)(C(C)C(C)O)C(C)C(C)O. The van der Waals surface area contributed by atoms with Crippen LogP contribution in [0.1, 0.15) is 55.4 Å². The maximum atomic E-state index is 10.2. The van der Waals surface area contributed by atoms with E-state index in [1.54, 1.807) is 27.7 Å². The van der Waals surface area contributed by atoms with Crippen LogP contribution < -0.4 is 0 Å². The first-order chi connectivity index (χ1) is 9.42. The van der Waals surface area contributed by atoms with Crippen molar-refractivity contribution in [3.63, 3.8) is 0 Å². The second-order valence-electron chi connectivity index (χ2n) is 6.82. The Morgan fingerprint density at radius 3 is 0.667 bits per heavy atom. The largest absolute Gasteiger partial charge is 0.387 e. The monoisotopic (exact) mass is 306 g/mol. The predicted octanol–water partition coefficient (Wildman–Crippen LogP) is 0.880. The molecule has 0 aromatic carbocycles. The lowest BCUT2D eigenvalue weighted by atomic mass is 9.89. The highest BCUT2D eigenvalue weighted by atomic mass is 16.3. The summed E-state index contributed by atoms with van der Waals surface area (Å²) in [4.78, 5) is 0. The van der Waals surface area contributed by atoms with Gasteiger partial charge in [0.05, 0.1) is 0 Å². The first-order valence-electron chi connectivity index (χ1n) is 8.02. The summed E-state index contributed by atoms with van der Waals surface area (Å²) in [6.45, 7) is 14.5. The molecule has 0 fully saturated rings. The van der Waals surface area contributed by atoms with E-state index in [0.29, 0.717) is 0 Å². The summed E-state index contributed by atoms with van der Waals surface area (Å²) in [5.74, 6) is 0. The fourth-order valence-corrected chi connectivity index (χ4v) is 3.72. The first-order valence-corrected chi connectivity index (χ1v) is 8.02. The summed E-state index contributed by atoms with van der Waals surface area (Å²) in [6.07, 6.45) is -2.47. The fraction of sp³-hybridized carbons (Fsp3) is 1.00. The van der Waals surface area contributed by atoms with Crippen LogP contribution >= 0.6 is 0 Å². The van der Waals surface area contributed by atoms with Gasteiger partial charge < -0.3 is 24.9 Å². The van der Waals surface area contributed by atoms with Gasteiger partial charge in [-0.05, 0) is 55.4 Å². The third kappa shape index (κ3) is 3.96. The number of aliphatic hydroxyl groups excluding tert-OH is 4. The van der Waals surface area contributed by atoms with Gasteiger partial charge in [-0.2, -0.15) is 0 Å². The highest BCUT2D eigenvalue weighted by Crippen LogP contribution is 2.35. The van der Waals surface area contributed by atoms with Crippen LogP contribution in [0.5, 0.6) is 0 Å². The zero-order chi connectivity index (χ0) is 17.1. The molecule has 0 heterocycles. The molecule has 8 unspecified atom stereocenters. The topological polar surface area (TPSA) is 80.9 Å². The van der Waals surface area contributed by atoms with Gasteiger partial charge in [-0.1, -0.05) is 0 Å². The number of hydrogen-bond acceptors (Lipinski definition) is 4. The molecule has 0 rings (SSSR count). The molecule has 0 aromatic rings. The molecule has 0 saturated heterocycles. The maximum absolute atomic E-state index is 10.2. The molecular weight excluding hydrogens is 270 g/mol. The smallest absolute Gasteiger partial charge is 0.113 e. The van der Waals surface area contributed by atoms with Crippen molar-refractivity contribution in [2.75, 3.05) is 0 Å². The van der Waals surface area contributed by atoms with E-state index in [0.717, 1.165) is 0 Å². The fourth-order valence-electron chi connectivity index (χ4n) is 3.72. The Labute approximate surface area is 129 Å². The molecular formula is C16H36NO4+. The Morgan fingerprint density at radius 2 is 0.571 bits per heavy atom. The lowest BCUT2D eigenvalue weighted by molar-refractivity contribution is -1.02. The number of nitrogens with zero attached hydrogens (tertiary/aromatic N) is 1. The van der Waals surface area contributed by atoms with Gasteiger partial charge in [0.25, 0.3) is 0 Å². The van der Waals surface area contributed by atoms with E-state index < -0.39 is 24.4 Å². The van der Waals surface area contributed by atoms with E-state index in [1.165, 1.54) is 0 Å². The number of aliphatic hydroxyl groups is 4. The molecule has 8 atom stereocenters. The predicted molar refractivity (Wildman–Crippen MR) is 84.8 cm³/mol. The minimum Gasteiger partial charge on any atom is -0.387 e. The molecule has 0 aliphatic rings. The molecule has 0 spiro atoms. The van der Waals surface area contributed by atoms with E-state index in [4.69, 9.17) is 0 Å². The highest BCUT2D eigenvalue weighted by Gasteiger charge is 2.53. The van der Waals surface area contributed by atoms with Crippen molar-refractivity contribution in [2.45, 2.75) is 104 Å². The van der Waals surface area contributed by atoms with Gasteiger partial charge in [-0.15, -0.1) is 0 Å². The zero-order valence-electron chi connectivity index (χ0n) is 14.9. The van der Waals surface area contributed by atoms with Crippen molar-refractivity contribution >= 4 is 0 Å². The molecule has 5 nitrogen and oxygen atoms in total. The van der Waals surface area contributed by atoms with Crippen LogP contribution in [-0.2, 0) is 0 Å². The van der Waals surface area contributed by atoms with Crippen LogP contribution in [0.3, 0.4) is 0 Å². The standard InChI is InChI=1S/C16H36NO4/c1-9(13(5)18)17(10(2)14(6)19,11(3)15(7)20)12(4)16(8)21/h9-16,18-21H,1-8H3/q+1. The minimum atomic E-state index is -0.617. The number of rotatable bonds is 8. The second kappa shape index (κ2) is 7.88. The Hall–Kier alpha value is -0.200. The van der Waals surface area contributed by atoms with Crippen molar-refractivity contribution in [1.29, 1.82) is 0 Å². The second-order valence-corrected chi connectivity index (χ2v) is 6.82. The number of hydrogen-bond donors (Lipinski definition) is 4. The molecule has 21 heavy (non-hydrogen) atoms. The van der Waals surface area contributed by atoms with Gasteiger partial charge in [-0.3, -0.25) is 0 Å². The lowest BCUT2D eigenvalue weighted by Gasteiger charge is -2.58. The van der Waals surface area contributed by atoms with E-state index in [-0.39, 0.29) is 28.7 Å². The number of quaternary nitrogens is 1. The molecule has 0 saturated carbocycles. The van der Waals surface area contributed by atoms with Gasteiger partial charge in [0, 0.05) is 0 Å². The molecule has 0 amide bonds. The zero-order valence-corrected chi connectivity index (χ0v) is 14.9. The van der Waals surface area contributed by atoms with Gasteiger partial charge in [-0.25, -0.2) is 0 Å². The van der Waals surface area contributed by atoms with Gasteiger partial charge in [0.2, 0.25) is 0 Å². The lowest BCUT2D eigenvalue weighted by Crippen LogP contribution is -2.76. The minimum absolute atomic E-state index is 0.233. The Balaban J connectivity index is 6.20. The normalized spacial score (nSPS) is 26.9. The molecule has 0 radical (unpaired) electrons. The molecule has 128 valence electrons. The summed E-state index contributed by atoms with van der Waals surface area (Å²) in [5.41, 5.74) is 0. The van der Waals surface area contributed by atoms with Crippen LogP contribution in [0.25, 0.3) is 0 Å². The molecule has 0 aliphatic heterocycles. The summed E-state index contributed by atoms with van der Waals surface area (Å²) in [5, 5.41) is 40.8. The molecule has 0 aliphatic carbocycles. The van der Waals surface area contributed by atoms with Crippen LogP contribution in [0.4, 0.5) is 0 Å². The molecule has 0 bridgehead atoms. The molecule has 5 heteroatoms. The summed E-state index contributed by atoms with van der Waals surface area (Å²) in [7, 11) is 0. The highest BCUT2D eigenvalue weighted by molar-refractivity contribution is 4.80. The first kappa shape index (κ1) is 20.8. The van der Waals surface area contributed by atoms with Crippen LogP contribution in [-0.4, -0.2) is 73.5 Å². The third-order valence-electron chi connectivity index (χ3n) is 5.61. The van der Waals surface area contributed by atoms with E-state index in [1.807, 2.05) is 27.7 Å². The molecule has 0 aromatic heterocycles. The molecule has 4 N–H and O–H groups in total. The van der Waals surface area contributed by atoms with E-state index >= 15 is 0 Å². The van der Waals surface area contributed by atoms with Crippen molar-refractivity contribution in [1.82, 2.24) is 0 Å². The summed E-state index contributed by atoms with van der Waals surface area (Å²) in [6, 6.07) is -0.930. The van der Waals surface area contributed by atoms with E-state index in [9.17, 15) is 20.4 Å². The van der Waals surface area contributed by atoms with Crippen LogP contribution in [0, 0.1) is 0 Å². The maximum Gasteiger partial charge on any atom is 0.113 e. The van der Waals surface area contributed by atoms with E-state index in [2.05, 4.69) is 0 Å². The van der Waals surface area contributed by atoms with Gasteiger partial charge in [0.1, 0.15) is 48.6 Å². The van der Waals surface area contributed by atoms with Crippen LogP contribution in [0.15, 0.2) is 0 Å². The van der Waals surface area contributed by atoms with Crippen molar-refractivity contribution < 1.29 is 24.9 Å². The Bertz CT molecular complexity index is 243. The summed E-state index contributed by atoms with van der Waals surface area (Å²) >= 11 is 0. The summed E-state index contributed by atoms with van der Waals surface area (Å²) < 4.78 is 0.269. The van der Waals surface area contributed by atoms with Crippen molar-refractivity contribution in [3.05, 3.63) is 0 Å².